The molecule has 188 valence electrons. The van der Waals surface area contributed by atoms with Crippen molar-refractivity contribution in [2.45, 2.75) is 24.3 Å². The highest BCUT2D eigenvalue weighted by Crippen LogP contribution is 2.36. The number of ether oxygens (including phenoxy) is 4. The average Bonchev–Trinajstić information content (AvgIpc) is 3.64. The van der Waals surface area contributed by atoms with Gasteiger partial charge in [0.2, 0.25) is 0 Å². The van der Waals surface area contributed by atoms with Crippen molar-refractivity contribution in [2.75, 3.05) is 18.5 Å². The van der Waals surface area contributed by atoms with E-state index in [9.17, 15) is 4.79 Å². The quantitative estimate of drug-likeness (QED) is 0.393. The second-order valence-electron chi connectivity index (χ2n) is 8.63. The summed E-state index contributed by atoms with van der Waals surface area (Å²) >= 11 is 0. The van der Waals surface area contributed by atoms with E-state index in [0.29, 0.717) is 30.4 Å². The zero-order valence-corrected chi connectivity index (χ0v) is 19.6. The number of nitrogens with zero attached hydrogens (tertiary/aromatic N) is 4. The fourth-order valence-electron chi connectivity index (χ4n) is 4.43. The van der Waals surface area contributed by atoms with Crippen LogP contribution in [0, 0.1) is 0 Å². The van der Waals surface area contributed by atoms with Gasteiger partial charge in [-0.2, -0.15) is 4.68 Å². The van der Waals surface area contributed by atoms with E-state index in [1.54, 1.807) is 28.9 Å². The third-order valence-electron chi connectivity index (χ3n) is 6.16. The van der Waals surface area contributed by atoms with Crippen LogP contribution in [0.25, 0.3) is 0 Å². The van der Waals surface area contributed by atoms with Crippen molar-refractivity contribution < 1.29 is 23.7 Å². The molecule has 4 atom stereocenters. The number of anilines is 1. The summed E-state index contributed by atoms with van der Waals surface area (Å²) in [5.74, 6) is 2.04. The predicted molar refractivity (Wildman–Crippen MR) is 132 cm³/mol. The summed E-state index contributed by atoms with van der Waals surface area (Å²) in [4.78, 5) is 12.7. The third kappa shape index (κ3) is 5.08. The van der Waals surface area contributed by atoms with Crippen molar-refractivity contribution in [1.29, 1.82) is 0 Å². The van der Waals surface area contributed by atoms with Gasteiger partial charge in [-0.25, -0.2) is 4.79 Å². The molecule has 2 fully saturated rings. The Hall–Kier alpha value is -4.48. The molecule has 2 aliphatic rings. The van der Waals surface area contributed by atoms with Crippen LogP contribution in [0.4, 0.5) is 10.5 Å². The molecule has 11 nitrogen and oxygen atoms in total. The standard InChI is InChI=1S/C26H24N6O5/c33-25(27-17-11-13-20(14-12-17)36-18-7-3-1-4-8-18)28-21-15-34-24-22(16-35-23(21)24)32-26(29-30-31-32)37-19-9-5-2-6-10-19/h1-14,21-24H,15-16H2,(H2,27,28,33)/t21-,22-,23+,24+/m0/s1. The Balaban J connectivity index is 1.04. The molecule has 6 rings (SSSR count). The van der Waals surface area contributed by atoms with Gasteiger partial charge in [0.15, 0.2) is 0 Å². The topological polar surface area (TPSA) is 122 Å². The van der Waals surface area contributed by atoms with E-state index < -0.39 is 0 Å². The number of urea groups is 1. The minimum absolute atomic E-state index is 0.248. The van der Waals surface area contributed by atoms with Gasteiger partial charge in [0.05, 0.1) is 19.3 Å². The monoisotopic (exact) mass is 500 g/mol. The molecule has 4 aromatic rings. The Bertz CT molecular complexity index is 1330. The molecule has 2 aliphatic heterocycles. The number of carbonyl (C=O) groups excluding carboxylic acids is 1. The smallest absolute Gasteiger partial charge is 0.341 e. The summed E-state index contributed by atoms with van der Waals surface area (Å²) in [6.45, 7) is 0.633. The summed E-state index contributed by atoms with van der Waals surface area (Å²) in [6.07, 6.45) is -0.674. The van der Waals surface area contributed by atoms with Crippen molar-refractivity contribution in [3.8, 4) is 23.3 Å². The van der Waals surface area contributed by atoms with E-state index in [1.807, 2.05) is 60.7 Å². The number of carbonyl (C=O) groups is 1. The zero-order valence-electron chi connectivity index (χ0n) is 19.6. The van der Waals surface area contributed by atoms with Gasteiger partial charge in [-0.1, -0.05) is 41.5 Å². The van der Waals surface area contributed by atoms with Gasteiger partial charge in [-0.05, 0) is 59.0 Å². The summed E-state index contributed by atoms with van der Waals surface area (Å²) in [7, 11) is 0. The summed E-state index contributed by atoms with van der Waals surface area (Å²) in [5.41, 5.74) is 0.634. The van der Waals surface area contributed by atoms with Crippen molar-refractivity contribution in [2.24, 2.45) is 0 Å². The molecule has 37 heavy (non-hydrogen) atoms. The SMILES string of the molecule is O=C(Nc1ccc(Oc2ccccc2)cc1)N[C@H]1CO[C@H]2[C@@H]1OC[C@@H]2n1nnnc1Oc1ccccc1. The number of nitrogens with one attached hydrogen (secondary N) is 2. The number of rotatable bonds is 7. The molecular formula is C26H24N6O5. The number of tetrazole rings is 1. The fraction of sp³-hybridized carbons (Fsp3) is 0.231. The highest BCUT2D eigenvalue weighted by atomic mass is 16.6. The molecule has 0 radical (unpaired) electrons. The van der Waals surface area contributed by atoms with Gasteiger partial charge in [-0.15, -0.1) is 0 Å². The maximum atomic E-state index is 12.7. The van der Waals surface area contributed by atoms with Gasteiger partial charge >= 0.3 is 12.0 Å². The van der Waals surface area contributed by atoms with Crippen molar-refractivity contribution in [3.63, 3.8) is 0 Å². The van der Waals surface area contributed by atoms with Crippen LogP contribution in [0.5, 0.6) is 23.3 Å². The van der Waals surface area contributed by atoms with Gasteiger partial charge in [0.1, 0.15) is 35.5 Å². The number of fused-ring (bicyclic) bond motifs is 1. The lowest BCUT2D eigenvalue weighted by Gasteiger charge is -2.18. The van der Waals surface area contributed by atoms with E-state index in [4.69, 9.17) is 18.9 Å². The first-order valence-corrected chi connectivity index (χ1v) is 11.9. The average molecular weight is 501 g/mol. The zero-order chi connectivity index (χ0) is 25.0. The number of hydrogen-bond acceptors (Lipinski definition) is 8. The Labute approximate surface area is 212 Å². The predicted octanol–water partition coefficient (Wildman–Crippen LogP) is 3.79. The maximum absolute atomic E-state index is 12.7. The summed E-state index contributed by atoms with van der Waals surface area (Å²) in [5, 5.41) is 17.6. The minimum atomic E-state index is -0.353. The molecule has 0 aliphatic carbocycles. The van der Waals surface area contributed by atoms with E-state index in [-0.39, 0.29) is 36.3 Å². The first-order chi connectivity index (χ1) is 18.2. The van der Waals surface area contributed by atoms with Crippen LogP contribution < -0.4 is 20.1 Å². The molecule has 2 N–H and O–H groups in total. The minimum Gasteiger partial charge on any atom is -0.457 e. The molecule has 0 spiro atoms. The van der Waals surface area contributed by atoms with E-state index in [2.05, 4.69) is 26.2 Å². The Morgan fingerprint density at radius 1 is 0.811 bits per heavy atom. The summed E-state index contributed by atoms with van der Waals surface area (Å²) < 4.78 is 25.2. The van der Waals surface area contributed by atoms with Crippen molar-refractivity contribution in [1.82, 2.24) is 25.5 Å². The van der Waals surface area contributed by atoms with E-state index in [0.717, 1.165) is 5.75 Å². The lowest BCUT2D eigenvalue weighted by Crippen LogP contribution is -2.45. The van der Waals surface area contributed by atoms with Crippen LogP contribution in [0.1, 0.15) is 6.04 Å². The van der Waals surface area contributed by atoms with Gasteiger partial charge in [0.25, 0.3) is 0 Å². The van der Waals surface area contributed by atoms with Crippen molar-refractivity contribution >= 4 is 11.7 Å². The highest BCUT2D eigenvalue weighted by Gasteiger charge is 2.50. The van der Waals surface area contributed by atoms with E-state index in [1.165, 1.54) is 0 Å². The Morgan fingerprint density at radius 2 is 1.46 bits per heavy atom. The fourth-order valence-corrected chi connectivity index (χ4v) is 4.43. The lowest BCUT2D eigenvalue weighted by atomic mass is 10.1. The maximum Gasteiger partial charge on any atom is 0.341 e. The van der Waals surface area contributed by atoms with Gasteiger partial charge in [-0.3, -0.25) is 0 Å². The first kappa shape index (κ1) is 23.0. The van der Waals surface area contributed by atoms with Crippen LogP contribution in [0.15, 0.2) is 84.9 Å². The van der Waals surface area contributed by atoms with Crippen LogP contribution in [0.3, 0.4) is 0 Å². The Morgan fingerprint density at radius 3 is 2.19 bits per heavy atom. The molecule has 2 amide bonds. The van der Waals surface area contributed by atoms with Crippen LogP contribution in [0.2, 0.25) is 0 Å². The van der Waals surface area contributed by atoms with Gasteiger partial charge < -0.3 is 29.6 Å². The van der Waals surface area contributed by atoms with Crippen LogP contribution >= 0.6 is 0 Å². The lowest BCUT2D eigenvalue weighted by molar-refractivity contribution is 0.0613. The second-order valence-corrected chi connectivity index (χ2v) is 8.63. The molecule has 3 heterocycles. The number of amides is 2. The molecule has 3 aromatic carbocycles. The number of benzene rings is 3. The second kappa shape index (κ2) is 10.2. The van der Waals surface area contributed by atoms with Crippen LogP contribution in [-0.2, 0) is 9.47 Å². The molecular weight excluding hydrogens is 476 g/mol. The van der Waals surface area contributed by atoms with Crippen LogP contribution in [-0.4, -0.2) is 57.7 Å². The largest absolute Gasteiger partial charge is 0.457 e. The van der Waals surface area contributed by atoms with Crippen molar-refractivity contribution in [3.05, 3.63) is 84.9 Å². The first-order valence-electron chi connectivity index (χ1n) is 11.9. The molecule has 11 heteroatoms. The van der Waals surface area contributed by atoms with Gasteiger partial charge in [0, 0.05) is 5.69 Å². The molecule has 2 saturated heterocycles. The van der Waals surface area contributed by atoms with E-state index >= 15 is 0 Å². The molecule has 0 saturated carbocycles. The third-order valence-corrected chi connectivity index (χ3v) is 6.16. The number of hydrogen-bond donors (Lipinski definition) is 2. The molecule has 1 aromatic heterocycles. The highest BCUT2D eigenvalue weighted by molar-refractivity contribution is 5.89. The molecule has 0 unspecified atom stereocenters. The number of aromatic nitrogens is 4. The summed E-state index contributed by atoms with van der Waals surface area (Å²) in [6, 6.07) is 25.2. The number of para-hydroxylation sites is 2. The Kier molecular flexibility index (Phi) is 6.36. The normalized spacial score (nSPS) is 22.3. The molecule has 0 bridgehead atoms.